The second kappa shape index (κ2) is 4.05. The van der Waals surface area contributed by atoms with Crippen LogP contribution in [0.1, 0.15) is 31.5 Å². The van der Waals surface area contributed by atoms with E-state index in [0.717, 1.165) is 51.1 Å². The van der Waals surface area contributed by atoms with Crippen molar-refractivity contribution in [3.63, 3.8) is 0 Å². The summed E-state index contributed by atoms with van der Waals surface area (Å²) in [5.41, 5.74) is 0.0865. The Bertz CT molecular complexity index is 428. The third kappa shape index (κ3) is 1.69. The summed E-state index contributed by atoms with van der Waals surface area (Å²) in [6.45, 7) is 2.66. The minimum atomic E-state index is 0.0865. The Hall–Kier alpha value is -1.10. The first-order valence-electron chi connectivity index (χ1n) is 6.24. The maximum absolute atomic E-state index is 12.0. The van der Waals surface area contributed by atoms with Gasteiger partial charge in [-0.1, -0.05) is 0 Å². The summed E-state index contributed by atoms with van der Waals surface area (Å²) >= 11 is 0. The predicted octanol–water partition coefficient (Wildman–Crippen LogP) is 0.133. The van der Waals surface area contributed by atoms with E-state index in [4.69, 9.17) is 0 Å². The molecule has 1 fully saturated rings. The van der Waals surface area contributed by atoms with E-state index < -0.39 is 0 Å². The van der Waals surface area contributed by atoms with Crippen LogP contribution >= 0.6 is 0 Å². The number of fused-ring (bicyclic) bond motifs is 1. The standard InChI is InChI=1S/C11H18N4O/c16-11-14-7-2-1-5-10(14)13-15(11)8-9-4-3-6-12-9/h9,12H,1-8H2/t9-/m1/s1. The van der Waals surface area contributed by atoms with E-state index >= 15 is 0 Å². The molecule has 1 aromatic rings. The molecule has 0 spiro atoms. The van der Waals surface area contributed by atoms with Crippen LogP contribution in [0, 0.1) is 0 Å². The summed E-state index contributed by atoms with van der Waals surface area (Å²) in [7, 11) is 0. The van der Waals surface area contributed by atoms with E-state index in [-0.39, 0.29) is 5.69 Å². The highest BCUT2D eigenvalue weighted by molar-refractivity contribution is 4.92. The fourth-order valence-corrected chi connectivity index (χ4v) is 2.69. The molecule has 16 heavy (non-hydrogen) atoms. The molecule has 1 atom stereocenters. The van der Waals surface area contributed by atoms with Crippen LogP contribution in [0.5, 0.6) is 0 Å². The summed E-state index contributed by atoms with van der Waals surface area (Å²) in [5.74, 6) is 0.981. The van der Waals surface area contributed by atoms with Crippen LogP contribution in [-0.2, 0) is 19.5 Å². The molecule has 0 aromatic carbocycles. The number of aromatic nitrogens is 3. The minimum Gasteiger partial charge on any atom is -0.312 e. The summed E-state index contributed by atoms with van der Waals surface area (Å²) in [6.07, 6.45) is 5.61. The van der Waals surface area contributed by atoms with Crippen molar-refractivity contribution in [3.05, 3.63) is 16.3 Å². The largest absolute Gasteiger partial charge is 0.345 e. The van der Waals surface area contributed by atoms with Crippen molar-refractivity contribution in [2.45, 2.75) is 51.2 Å². The summed E-state index contributed by atoms with van der Waals surface area (Å²) < 4.78 is 3.50. The third-order valence-electron chi connectivity index (χ3n) is 3.59. The van der Waals surface area contributed by atoms with E-state index in [0.29, 0.717) is 6.04 Å². The zero-order chi connectivity index (χ0) is 11.0. The monoisotopic (exact) mass is 222 g/mol. The van der Waals surface area contributed by atoms with Crippen molar-refractivity contribution in [2.75, 3.05) is 6.54 Å². The van der Waals surface area contributed by atoms with Gasteiger partial charge in [0.2, 0.25) is 0 Å². The first-order valence-corrected chi connectivity index (χ1v) is 6.24. The van der Waals surface area contributed by atoms with Crippen molar-refractivity contribution in [3.8, 4) is 0 Å². The number of hydrogen-bond acceptors (Lipinski definition) is 3. The van der Waals surface area contributed by atoms with Gasteiger partial charge in [0, 0.05) is 19.0 Å². The summed E-state index contributed by atoms with van der Waals surface area (Å²) in [5, 5.41) is 7.84. The SMILES string of the molecule is O=c1n(C[C@H]2CCCN2)nc2n1CCCC2. The lowest BCUT2D eigenvalue weighted by Gasteiger charge is -2.09. The van der Waals surface area contributed by atoms with Gasteiger partial charge in [0.05, 0.1) is 6.54 Å². The lowest BCUT2D eigenvalue weighted by Crippen LogP contribution is -2.34. The quantitative estimate of drug-likeness (QED) is 0.774. The normalized spacial score (nSPS) is 24.6. The van der Waals surface area contributed by atoms with E-state index in [1.165, 1.54) is 6.42 Å². The van der Waals surface area contributed by atoms with Gasteiger partial charge < -0.3 is 5.32 Å². The molecule has 5 nitrogen and oxygen atoms in total. The topological polar surface area (TPSA) is 51.9 Å². The molecule has 0 saturated carbocycles. The zero-order valence-corrected chi connectivity index (χ0v) is 9.48. The van der Waals surface area contributed by atoms with Gasteiger partial charge in [0.15, 0.2) is 0 Å². The maximum Gasteiger partial charge on any atom is 0.345 e. The highest BCUT2D eigenvalue weighted by Crippen LogP contribution is 2.11. The smallest absolute Gasteiger partial charge is 0.312 e. The molecule has 5 heteroatoms. The Morgan fingerprint density at radius 3 is 3.06 bits per heavy atom. The Morgan fingerprint density at radius 1 is 1.38 bits per heavy atom. The molecule has 1 saturated heterocycles. The predicted molar refractivity (Wildman–Crippen MR) is 60.4 cm³/mol. The number of nitrogens with one attached hydrogen (secondary N) is 1. The zero-order valence-electron chi connectivity index (χ0n) is 9.48. The molecular formula is C11H18N4O. The van der Waals surface area contributed by atoms with Crippen LogP contribution in [0.25, 0.3) is 0 Å². The van der Waals surface area contributed by atoms with Gasteiger partial charge >= 0.3 is 5.69 Å². The van der Waals surface area contributed by atoms with E-state index in [9.17, 15) is 4.79 Å². The maximum atomic E-state index is 12.0. The Morgan fingerprint density at radius 2 is 2.31 bits per heavy atom. The number of aryl methyl sites for hydroxylation is 1. The highest BCUT2D eigenvalue weighted by Gasteiger charge is 2.20. The average molecular weight is 222 g/mol. The molecule has 1 N–H and O–H groups in total. The van der Waals surface area contributed by atoms with E-state index in [2.05, 4.69) is 10.4 Å². The minimum absolute atomic E-state index is 0.0865. The molecule has 0 amide bonds. The van der Waals surface area contributed by atoms with Crippen LogP contribution in [-0.4, -0.2) is 26.9 Å². The molecular weight excluding hydrogens is 204 g/mol. The molecule has 0 unspecified atom stereocenters. The van der Waals surface area contributed by atoms with Crippen molar-refractivity contribution in [2.24, 2.45) is 0 Å². The first-order chi connectivity index (χ1) is 7.84. The fourth-order valence-electron chi connectivity index (χ4n) is 2.69. The van der Waals surface area contributed by atoms with Gasteiger partial charge in [0.25, 0.3) is 0 Å². The number of nitrogens with zero attached hydrogens (tertiary/aromatic N) is 3. The molecule has 3 rings (SSSR count). The molecule has 1 aromatic heterocycles. The van der Waals surface area contributed by atoms with E-state index in [1.807, 2.05) is 4.57 Å². The molecule has 2 aliphatic heterocycles. The van der Waals surface area contributed by atoms with Crippen LogP contribution in [0.15, 0.2) is 4.79 Å². The van der Waals surface area contributed by atoms with Crippen molar-refractivity contribution >= 4 is 0 Å². The Balaban J connectivity index is 1.84. The summed E-state index contributed by atoms with van der Waals surface area (Å²) in [4.78, 5) is 12.0. The van der Waals surface area contributed by atoms with Crippen LogP contribution < -0.4 is 11.0 Å². The van der Waals surface area contributed by atoms with Crippen LogP contribution in [0.4, 0.5) is 0 Å². The van der Waals surface area contributed by atoms with Gasteiger partial charge in [0.1, 0.15) is 5.82 Å². The van der Waals surface area contributed by atoms with Crippen molar-refractivity contribution in [1.82, 2.24) is 19.7 Å². The van der Waals surface area contributed by atoms with Crippen LogP contribution in [0.2, 0.25) is 0 Å². The second-order valence-electron chi connectivity index (χ2n) is 4.78. The van der Waals surface area contributed by atoms with Crippen LogP contribution in [0.3, 0.4) is 0 Å². The van der Waals surface area contributed by atoms with Gasteiger partial charge in [-0.3, -0.25) is 4.57 Å². The molecule has 88 valence electrons. The summed E-state index contributed by atoms with van der Waals surface area (Å²) in [6, 6.07) is 0.439. The van der Waals surface area contributed by atoms with Crippen molar-refractivity contribution < 1.29 is 0 Å². The second-order valence-corrected chi connectivity index (χ2v) is 4.78. The van der Waals surface area contributed by atoms with Gasteiger partial charge in [-0.25, -0.2) is 9.48 Å². The van der Waals surface area contributed by atoms with Crippen molar-refractivity contribution in [1.29, 1.82) is 0 Å². The molecule has 3 heterocycles. The highest BCUT2D eigenvalue weighted by atomic mass is 16.2. The Kier molecular flexibility index (Phi) is 2.55. The van der Waals surface area contributed by atoms with Gasteiger partial charge in [-0.15, -0.1) is 0 Å². The lowest BCUT2D eigenvalue weighted by molar-refractivity contribution is 0.460. The molecule has 0 radical (unpaired) electrons. The van der Waals surface area contributed by atoms with Gasteiger partial charge in [-0.2, -0.15) is 5.10 Å². The average Bonchev–Trinajstić information content (AvgIpc) is 2.90. The number of rotatable bonds is 2. The molecule has 0 bridgehead atoms. The first kappa shape index (κ1) is 10.1. The number of hydrogen-bond donors (Lipinski definition) is 1. The molecule has 0 aliphatic carbocycles. The lowest BCUT2D eigenvalue weighted by atomic mass is 10.2. The molecule has 2 aliphatic rings. The van der Waals surface area contributed by atoms with Gasteiger partial charge in [-0.05, 0) is 32.2 Å². The third-order valence-corrected chi connectivity index (χ3v) is 3.59. The van der Waals surface area contributed by atoms with E-state index in [1.54, 1.807) is 4.68 Å². The Labute approximate surface area is 94.5 Å². The fraction of sp³-hybridized carbons (Fsp3) is 0.818.